The molecule has 1 spiro atoms. The van der Waals surface area contributed by atoms with Crippen LogP contribution in [-0.2, 0) is 4.74 Å². The molecule has 8 heteroatoms. The molecule has 0 saturated carbocycles. The molecule has 3 saturated heterocycles. The third-order valence-corrected chi connectivity index (χ3v) is 6.64. The van der Waals surface area contributed by atoms with Crippen molar-refractivity contribution in [2.75, 3.05) is 39.0 Å². The molecule has 0 bridgehead atoms. The van der Waals surface area contributed by atoms with Crippen LogP contribution in [0, 0.1) is 0 Å². The normalized spacial score (nSPS) is 29.4. The highest BCUT2D eigenvalue weighted by Crippen LogP contribution is 2.41. The zero-order valence-corrected chi connectivity index (χ0v) is 15.3. The van der Waals surface area contributed by atoms with Crippen LogP contribution >= 0.6 is 0 Å². The van der Waals surface area contributed by atoms with E-state index in [0.717, 1.165) is 25.0 Å². The largest absolute Gasteiger partial charge is 0.382 e. The van der Waals surface area contributed by atoms with Crippen molar-refractivity contribution in [3.05, 3.63) is 12.7 Å². The van der Waals surface area contributed by atoms with E-state index in [9.17, 15) is 0 Å². The number of piperidine rings is 1. The summed E-state index contributed by atoms with van der Waals surface area (Å²) in [5, 5.41) is 0. The fourth-order valence-electron chi connectivity index (χ4n) is 4.82. The van der Waals surface area contributed by atoms with Crippen LogP contribution in [-0.4, -0.2) is 74.2 Å². The molecule has 2 N–H and O–H groups in total. The molecule has 8 nitrogen and oxygen atoms in total. The lowest BCUT2D eigenvalue weighted by molar-refractivity contribution is -0.0923. The van der Waals surface area contributed by atoms with Crippen molar-refractivity contribution >= 4 is 17.0 Å². The quantitative estimate of drug-likeness (QED) is 0.885. The van der Waals surface area contributed by atoms with Gasteiger partial charge in [-0.15, -0.1) is 0 Å². The molecule has 2 aromatic rings. The highest BCUT2D eigenvalue weighted by Gasteiger charge is 2.47. The van der Waals surface area contributed by atoms with Crippen molar-refractivity contribution < 1.29 is 4.74 Å². The van der Waals surface area contributed by atoms with Gasteiger partial charge in [0.2, 0.25) is 0 Å². The second-order valence-corrected chi connectivity index (χ2v) is 8.10. The van der Waals surface area contributed by atoms with E-state index in [1.807, 2.05) is 4.57 Å². The summed E-state index contributed by atoms with van der Waals surface area (Å²) >= 11 is 0. The molecule has 3 aliphatic heterocycles. The van der Waals surface area contributed by atoms with Crippen molar-refractivity contribution in [1.82, 2.24) is 29.3 Å². The molecule has 0 radical (unpaired) electrons. The third-order valence-electron chi connectivity index (χ3n) is 6.64. The molecule has 3 aliphatic rings. The Hall–Kier alpha value is -1.77. The Morgan fingerprint density at radius 3 is 2.73 bits per heavy atom. The van der Waals surface area contributed by atoms with Crippen molar-refractivity contribution in [3.8, 4) is 0 Å². The lowest BCUT2D eigenvalue weighted by atomic mass is 9.76. The molecule has 2 atom stereocenters. The summed E-state index contributed by atoms with van der Waals surface area (Å²) in [6.45, 7) is 4.69. The van der Waals surface area contributed by atoms with E-state index in [2.05, 4.69) is 31.8 Å². The second-order valence-electron chi connectivity index (χ2n) is 8.10. The van der Waals surface area contributed by atoms with Gasteiger partial charge in [-0.3, -0.25) is 9.47 Å². The van der Waals surface area contributed by atoms with Crippen LogP contribution in [0.4, 0.5) is 5.82 Å². The molecule has 26 heavy (non-hydrogen) atoms. The van der Waals surface area contributed by atoms with Gasteiger partial charge in [-0.1, -0.05) is 0 Å². The summed E-state index contributed by atoms with van der Waals surface area (Å²) in [7, 11) is 2.23. The number of nitrogens with zero attached hydrogens (tertiary/aromatic N) is 6. The maximum Gasteiger partial charge on any atom is 0.167 e. The minimum atomic E-state index is -0.00554. The number of nitrogen functional groups attached to an aromatic ring is 1. The first-order valence-corrected chi connectivity index (χ1v) is 9.67. The number of anilines is 1. The smallest absolute Gasteiger partial charge is 0.167 e. The van der Waals surface area contributed by atoms with Crippen LogP contribution in [0.2, 0.25) is 0 Å². The number of fused-ring (bicyclic) bond motifs is 1. The van der Waals surface area contributed by atoms with Crippen LogP contribution in [0.5, 0.6) is 0 Å². The molecular formula is C18H27N7O. The Kier molecular flexibility index (Phi) is 3.88. The molecule has 5 heterocycles. The van der Waals surface area contributed by atoms with Crippen molar-refractivity contribution in [2.45, 2.75) is 50.0 Å². The predicted molar refractivity (Wildman–Crippen MR) is 98.5 cm³/mol. The van der Waals surface area contributed by atoms with Gasteiger partial charge in [-0.25, -0.2) is 15.0 Å². The number of likely N-dealkylation sites (tertiary alicyclic amines) is 2. The van der Waals surface area contributed by atoms with E-state index in [1.54, 1.807) is 6.33 Å². The Balaban J connectivity index is 1.26. The number of imidazole rings is 1. The SMILES string of the molecule is CN1CCC2(CC1)CCN2CC1CCC(n2cnc3c(N)ncnc32)O1. The molecular weight excluding hydrogens is 330 g/mol. The van der Waals surface area contributed by atoms with E-state index in [1.165, 1.54) is 45.2 Å². The van der Waals surface area contributed by atoms with Gasteiger partial charge in [-0.05, 0) is 52.2 Å². The highest BCUT2D eigenvalue weighted by molar-refractivity contribution is 5.81. The van der Waals surface area contributed by atoms with Gasteiger partial charge in [-0.2, -0.15) is 0 Å². The van der Waals surface area contributed by atoms with Crippen LogP contribution in [0.3, 0.4) is 0 Å². The van der Waals surface area contributed by atoms with Crippen LogP contribution in [0.25, 0.3) is 11.2 Å². The summed E-state index contributed by atoms with van der Waals surface area (Å²) in [5.41, 5.74) is 7.76. The minimum absolute atomic E-state index is 0.00554. The van der Waals surface area contributed by atoms with Gasteiger partial charge < -0.3 is 15.4 Å². The van der Waals surface area contributed by atoms with E-state index in [4.69, 9.17) is 10.5 Å². The molecule has 3 fully saturated rings. The van der Waals surface area contributed by atoms with Crippen LogP contribution < -0.4 is 5.73 Å². The minimum Gasteiger partial charge on any atom is -0.382 e. The number of ether oxygens (including phenoxy) is 1. The van der Waals surface area contributed by atoms with E-state index in [0.29, 0.717) is 16.9 Å². The maximum atomic E-state index is 6.38. The van der Waals surface area contributed by atoms with Gasteiger partial charge in [0.25, 0.3) is 0 Å². The average Bonchev–Trinajstić information content (AvgIpc) is 3.27. The first-order chi connectivity index (χ1) is 12.6. The van der Waals surface area contributed by atoms with Crippen molar-refractivity contribution in [1.29, 1.82) is 0 Å². The fourth-order valence-corrected chi connectivity index (χ4v) is 4.82. The first-order valence-electron chi connectivity index (χ1n) is 9.67. The average molecular weight is 357 g/mol. The number of nitrogens with two attached hydrogens (primary N) is 1. The van der Waals surface area contributed by atoms with Crippen LogP contribution in [0.15, 0.2) is 12.7 Å². The van der Waals surface area contributed by atoms with Gasteiger partial charge in [0.15, 0.2) is 11.5 Å². The molecule has 2 unspecified atom stereocenters. The topological polar surface area (TPSA) is 85.3 Å². The standard InChI is InChI=1S/C18H27N7O/c1-23-7-4-18(5-8-23)6-9-24(18)10-13-2-3-14(26-13)25-12-22-15-16(19)20-11-21-17(15)25/h11-14H,2-10H2,1H3,(H2,19,20,21). The highest BCUT2D eigenvalue weighted by atomic mass is 16.5. The molecule has 0 amide bonds. The fraction of sp³-hybridized carbons (Fsp3) is 0.722. The summed E-state index contributed by atoms with van der Waals surface area (Å²) in [4.78, 5) is 17.9. The summed E-state index contributed by atoms with van der Waals surface area (Å²) < 4.78 is 8.39. The van der Waals surface area contributed by atoms with Gasteiger partial charge in [0, 0.05) is 18.6 Å². The van der Waals surface area contributed by atoms with E-state index in [-0.39, 0.29) is 12.3 Å². The van der Waals surface area contributed by atoms with Crippen LogP contribution in [0.1, 0.15) is 38.3 Å². The van der Waals surface area contributed by atoms with Crippen molar-refractivity contribution in [3.63, 3.8) is 0 Å². The lowest BCUT2D eigenvalue weighted by Crippen LogP contribution is -2.64. The molecule has 2 aromatic heterocycles. The zero-order valence-electron chi connectivity index (χ0n) is 15.3. The molecule has 140 valence electrons. The zero-order chi connectivity index (χ0) is 17.7. The number of hydrogen-bond donors (Lipinski definition) is 1. The Morgan fingerprint density at radius 2 is 1.96 bits per heavy atom. The van der Waals surface area contributed by atoms with E-state index >= 15 is 0 Å². The lowest BCUT2D eigenvalue weighted by Gasteiger charge is -2.57. The van der Waals surface area contributed by atoms with E-state index < -0.39 is 0 Å². The summed E-state index contributed by atoms with van der Waals surface area (Å²) in [6.07, 6.45) is 9.56. The number of hydrogen-bond acceptors (Lipinski definition) is 7. The second kappa shape index (κ2) is 6.14. The molecule has 0 aliphatic carbocycles. The summed E-state index contributed by atoms with van der Waals surface area (Å²) in [5.74, 6) is 0.424. The maximum absolute atomic E-state index is 6.38. The van der Waals surface area contributed by atoms with Gasteiger partial charge in [0.1, 0.15) is 18.1 Å². The Bertz CT molecular complexity index is 798. The predicted octanol–water partition coefficient (Wildman–Crippen LogP) is 1.26. The summed E-state index contributed by atoms with van der Waals surface area (Å²) in [6, 6.07) is 0. The first kappa shape index (κ1) is 16.4. The molecule has 0 aromatic carbocycles. The number of rotatable bonds is 3. The Labute approximate surface area is 153 Å². The van der Waals surface area contributed by atoms with Crippen molar-refractivity contribution in [2.24, 2.45) is 0 Å². The van der Waals surface area contributed by atoms with Gasteiger partial charge in [0.05, 0.1) is 12.4 Å². The third kappa shape index (κ3) is 2.59. The molecule has 5 rings (SSSR count). The van der Waals surface area contributed by atoms with Gasteiger partial charge >= 0.3 is 0 Å². The monoisotopic (exact) mass is 357 g/mol. The number of aromatic nitrogens is 4. The Morgan fingerprint density at radius 1 is 1.15 bits per heavy atom.